The van der Waals surface area contributed by atoms with Crippen molar-refractivity contribution in [1.29, 1.82) is 0 Å². The van der Waals surface area contributed by atoms with Crippen LogP contribution in [0.1, 0.15) is 10.5 Å². The maximum Gasteiger partial charge on any atom is 0.337 e. The normalized spacial score (nSPS) is 10.5. The Bertz CT molecular complexity index is 1430. The average molecular weight is 452 g/mol. The van der Waals surface area contributed by atoms with E-state index in [-0.39, 0.29) is 28.4 Å². The number of aromatic nitrogens is 3. The van der Waals surface area contributed by atoms with Gasteiger partial charge in [-0.2, -0.15) is 5.10 Å². The van der Waals surface area contributed by atoms with Crippen LogP contribution in [-0.4, -0.2) is 27.1 Å². The van der Waals surface area contributed by atoms with Crippen molar-refractivity contribution in [3.63, 3.8) is 0 Å². The van der Waals surface area contributed by atoms with Crippen molar-refractivity contribution < 1.29 is 23.1 Å². The minimum Gasteiger partial charge on any atom is -0.436 e. The summed E-state index contributed by atoms with van der Waals surface area (Å²) in [6.45, 7) is 0. The Morgan fingerprint density at radius 2 is 1.76 bits per heavy atom. The fraction of sp³-hybridized carbons (Fsp3) is 0. The van der Waals surface area contributed by atoms with Crippen molar-refractivity contribution in [2.24, 2.45) is 0 Å². The van der Waals surface area contributed by atoms with Gasteiger partial charge in [-0.3, -0.25) is 15.0 Å². The van der Waals surface area contributed by atoms with Crippen LogP contribution in [0.15, 0.2) is 65.6 Å². The first-order chi connectivity index (χ1) is 15.9. The van der Waals surface area contributed by atoms with Crippen LogP contribution in [0.4, 0.5) is 19.3 Å². The van der Waals surface area contributed by atoms with Crippen molar-refractivity contribution in [3.8, 4) is 11.6 Å². The number of anilines is 1. The Morgan fingerprint density at radius 1 is 0.970 bits per heavy atom. The lowest BCUT2D eigenvalue weighted by molar-refractivity contribution is 0.0933. The van der Waals surface area contributed by atoms with Gasteiger partial charge >= 0.3 is 6.03 Å². The molecule has 0 saturated carbocycles. The number of H-pyrrole nitrogens is 1. The number of hydrogen-bond acceptors (Lipinski definition) is 6. The van der Waals surface area contributed by atoms with Crippen LogP contribution in [-0.2, 0) is 0 Å². The number of hydrogen-bond donors (Lipinski definition) is 4. The van der Waals surface area contributed by atoms with Gasteiger partial charge in [0.1, 0.15) is 5.82 Å². The Labute approximate surface area is 183 Å². The molecule has 2 aromatic heterocycles. The standard InChI is InChI=1S/C21H14F2N6O4/c22-11-5-6-16(15(23)9-11)33-17-10-12(7-8-24-17)25-21(32)29-28-20(31)18-13-3-1-2-4-14(13)19(30)27-26-18/h1-10H,(H,27,30)(H,28,31)(H2,24,25,29,32). The van der Waals surface area contributed by atoms with E-state index in [0.717, 1.165) is 12.1 Å². The highest BCUT2D eigenvalue weighted by Gasteiger charge is 2.15. The van der Waals surface area contributed by atoms with Crippen LogP contribution >= 0.6 is 0 Å². The van der Waals surface area contributed by atoms with E-state index in [0.29, 0.717) is 11.5 Å². The molecule has 12 heteroatoms. The van der Waals surface area contributed by atoms with Crippen LogP contribution in [0, 0.1) is 11.6 Å². The summed E-state index contributed by atoms with van der Waals surface area (Å²) in [6.07, 6.45) is 1.29. The summed E-state index contributed by atoms with van der Waals surface area (Å²) in [7, 11) is 0. The molecule has 0 radical (unpaired) electrons. The van der Waals surface area contributed by atoms with E-state index in [1.165, 1.54) is 24.4 Å². The molecule has 0 aliphatic rings. The number of aromatic amines is 1. The summed E-state index contributed by atoms with van der Waals surface area (Å²) in [5, 5.41) is 8.96. The van der Waals surface area contributed by atoms with E-state index >= 15 is 0 Å². The van der Waals surface area contributed by atoms with E-state index in [2.05, 4.69) is 31.3 Å². The number of fused-ring (bicyclic) bond motifs is 1. The van der Waals surface area contributed by atoms with E-state index in [1.54, 1.807) is 18.2 Å². The second kappa shape index (κ2) is 9.09. The first-order valence-electron chi connectivity index (χ1n) is 9.34. The highest BCUT2D eigenvalue weighted by atomic mass is 19.1. The smallest absolute Gasteiger partial charge is 0.337 e. The molecule has 0 aliphatic carbocycles. The summed E-state index contributed by atoms with van der Waals surface area (Å²) >= 11 is 0. The number of urea groups is 1. The number of amides is 3. The molecule has 0 atom stereocenters. The molecule has 10 nitrogen and oxygen atoms in total. The lowest BCUT2D eigenvalue weighted by Gasteiger charge is -2.11. The summed E-state index contributed by atoms with van der Waals surface area (Å²) in [4.78, 5) is 40.3. The van der Waals surface area contributed by atoms with Gasteiger partial charge in [-0.05, 0) is 24.3 Å². The van der Waals surface area contributed by atoms with Gasteiger partial charge in [0, 0.05) is 29.4 Å². The van der Waals surface area contributed by atoms with Crippen LogP contribution < -0.4 is 26.5 Å². The largest absolute Gasteiger partial charge is 0.436 e. The van der Waals surface area contributed by atoms with Gasteiger partial charge in [-0.25, -0.2) is 29.1 Å². The van der Waals surface area contributed by atoms with Gasteiger partial charge in [0.05, 0.1) is 5.39 Å². The topological polar surface area (TPSA) is 138 Å². The third kappa shape index (κ3) is 4.90. The van der Waals surface area contributed by atoms with Crippen molar-refractivity contribution in [1.82, 2.24) is 26.0 Å². The maximum absolute atomic E-state index is 13.7. The molecule has 0 saturated heterocycles. The van der Waals surface area contributed by atoms with Crippen molar-refractivity contribution in [3.05, 3.63) is 88.5 Å². The zero-order chi connectivity index (χ0) is 23.4. The van der Waals surface area contributed by atoms with Crippen molar-refractivity contribution >= 4 is 28.4 Å². The van der Waals surface area contributed by atoms with Crippen LogP contribution in [0.25, 0.3) is 10.8 Å². The van der Waals surface area contributed by atoms with E-state index < -0.39 is 29.1 Å². The number of pyridine rings is 1. The molecule has 2 heterocycles. The zero-order valence-corrected chi connectivity index (χ0v) is 16.6. The highest BCUT2D eigenvalue weighted by molar-refractivity contribution is 6.05. The quantitative estimate of drug-likeness (QED) is 0.351. The lowest BCUT2D eigenvalue weighted by atomic mass is 10.1. The Hall–Kier alpha value is -4.87. The zero-order valence-electron chi connectivity index (χ0n) is 16.6. The number of nitrogens with zero attached hydrogens (tertiary/aromatic N) is 2. The van der Waals surface area contributed by atoms with Crippen LogP contribution in [0.3, 0.4) is 0 Å². The van der Waals surface area contributed by atoms with Crippen molar-refractivity contribution in [2.75, 3.05) is 5.32 Å². The summed E-state index contributed by atoms with van der Waals surface area (Å²) in [5.74, 6) is -2.75. The third-order valence-corrected chi connectivity index (χ3v) is 4.30. The molecule has 0 bridgehead atoms. The first-order valence-corrected chi connectivity index (χ1v) is 9.34. The molecule has 4 N–H and O–H groups in total. The fourth-order valence-electron chi connectivity index (χ4n) is 2.84. The third-order valence-electron chi connectivity index (χ3n) is 4.30. The monoisotopic (exact) mass is 452 g/mol. The number of benzene rings is 2. The second-order valence-corrected chi connectivity index (χ2v) is 6.54. The predicted molar refractivity (Wildman–Crippen MR) is 113 cm³/mol. The number of ether oxygens (including phenoxy) is 1. The van der Waals surface area contributed by atoms with Gasteiger partial charge < -0.3 is 10.1 Å². The average Bonchev–Trinajstić information content (AvgIpc) is 2.80. The fourth-order valence-corrected chi connectivity index (χ4v) is 2.84. The summed E-state index contributed by atoms with van der Waals surface area (Å²) in [5.41, 5.74) is 3.99. The molecule has 0 spiro atoms. The molecular weight excluding hydrogens is 438 g/mol. The predicted octanol–water partition coefficient (Wildman–Crippen LogP) is 2.86. The summed E-state index contributed by atoms with van der Waals surface area (Å²) < 4.78 is 32.0. The molecular formula is C21H14F2N6O4. The first kappa shape index (κ1) is 21.4. The number of rotatable bonds is 4. The molecule has 4 rings (SSSR count). The minimum absolute atomic E-state index is 0.0637. The number of carbonyl (C=O) groups is 2. The van der Waals surface area contributed by atoms with E-state index in [1.807, 2.05) is 0 Å². The van der Waals surface area contributed by atoms with Crippen LogP contribution in [0.2, 0.25) is 0 Å². The number of carbonyl (C=O) groups excluding carboxylic acids is 2. The van der Waals surface area contributed by atoms with Crippen molar-refractivity contribution in [2.45, 2.75) is 0 Å². The Balaban J connectivity index is 1.39. The van der Waals surface area contributed by atoms with Gasteiger partial charge in [0.2, 0.25) is 5.88 Å². The van der Waals surface area contributed by atoms with Gasteiger partial charge in [0.15, 0.2) is 17.3 Å². The molecule has 2 aromatic carbocycles. The number of hydrazine groups is 1. The van der Waals surface area contributed by atoms with E-state index in [9.17, 15) is 23.2 Å². The van der Waals surface area contributed by atoms with Crippen LogP contribution in [0.5, 0.6) is 11.6 Å². The number of nitrogens with one attached hydrogen (secondary N) is 4. The minimum atomic E-state index is -0.918. The van der Waals surface area contributed by atoms with Gasteiger partial charge in [0.25, 0.3) is 11.5 Å². The highest BCUT2D eigenvalue weighted by Crippen LogP contribution is 2.25. The van der Waals surface area contributed by atoms with Gasteiger partial charge in [-0.1, -0.05) is 18.2 Å². The van der Waals surface area contributed by atoms with Gasteiger partial charge in [-0.15, -0.1) is 0 Å². The molecule has 0 aliphatic heterocycles. The second-order valence-electron chi connectivity index (χ2n) is 6.54. The molecule has 3 amide bonds. The summed E-state index contributed by atoms with van der Waals surface area (Å²) in [6, 6.07) is 11.1. The lowest BCUT2D eigenvalue weighted by Crippen LogP contribution is -2.44. The molecule has 0 fully saturated rings. The SMILES string of the molecule is O=C(NNC(=O)c1n[nH]c(=O)c2ccccc12)Nc1ccnc(Oc2ccc(F)cc2F)c1. The maximum atomic E-state index is 13.7. The Morgan fingerprint density at radius 3 is 2.55 bits per heavy atom. The molecule has 0 unspecified atom stereocenters. The number of halogens is 2. The molecule has 33 heavy (non-hydrogen) atoms. The Kier molecular flexibility index (Phi) is 5.89. The molecule has 4 aromatic rings. The van der Waals surface area contributed by atoms with E-state index in [4.69, 9.17) is 4.74 Å². The molecule has 166 valence electrons.